The zero-order valence-electron chi connectivity index (χ0n) is 8.42. The summed E-state index contributed by atoms with van der Waals surface area (Å²) in [5.41, 5.74) is 0.890. The van der Waals surface area contributed by atoms with E-state index in [2.05, 4.69) is 25.9 Å². The minimum Gasteiger partial charge on any atom is -0.220 e. The van der Waals surface area contributed by atoms with Gasteiger partial charge in [0.2, 0.25) is 0 Å². The number of hydrogen-bond acceptors (Lipinski definition) is 2. The minimum absolute atomic E-state index is 0.266. The zero-order chi connectivity index (χ0) is 12.4. The summed E-state index contributed by atoms with van der Waals surface area (Å²) in [4.78, 5) is 8.16. The van der Waals surface area contributed by atoms with Crippen molar-refractivity contribution >= 4 is 39.1 Å². The number of halogens is 4. The molecule has 0 radical (unpaired) electrons. The highest BCUT2D eigenvalue weighted by Gasteiger charge is 2.09. The maximum atomic E-state index is 12.7. The van der Waals surface area contributed by atoms with Gasteiger partial charge in [-0.25, -0.2) is 14.4 Å². The quantitative estimate of drug-likeness (QED) is 0.766. The van der Waals surface area contributed by atoms with Crippen LogP contribution in [0.4, 0.5) is 4.39 Å². The summed E-state index contributed by atoms with van der Waals surface area (Å²) in [6.45, 7) is 0. The third-order valence-electron chi connectivity index (χ3n) is 2.09. The van der Waals surface area contributed by atoms with E-state index < -0.39 is 0 Å². The molecule has 6 heteroatoms. The van der Waals surface area contributed by atoms with Crippen LogP contribution in [0.1, 0.15) is 11.4 Å². The number of rotatable bonds is 2. The Balaban J connectivity index is 2.27. The SMILES string of the molecule is Fc1ccc(Cc2nc(Cl)c(Br)c(Cl)n2)cc1. The molecular formula is C11H6BrCl2FN2. The van der Waals surface area contributed by atoms with Crippen molar-refractivity contribution in [1.82, 2.24) is 9.97 Å². The second-order valence-corrected chi connectivity index (χ2v) is 4.85. The van der Waals surface area contributed by atoms with E-state index in [1.165, 1.54) is 12.1 Å². The summed E-state index contributed by atoms with van der Waals surface area (Å²) in [6.07, 6.45) is 0.451. The molecule has 0 saturated carbocycles. The predicted molar refractivity (Wildman–Crippen MR) is 69.0 cm³/mol. The van der Waals surface area contributed by atoms with Gasteiger partial charge in [0.25, 0.3) is 0 Å². The maximum absolute atomic E-state index is 12.7. The lowest BCUT2D eigenvalue weighted by Gasteiger charge is -2.04. The number of aromatic nitrogens is 2. The van der Waals surface area contributed by atoms with Crippen molar-refractivity contribution in [3.63, 3.8) is 0 Å². The van der Waals surface area contributed by atoms with Crippen LogP contribution in [0.2, 0.25) is 10.3 Å². The molecule has 0 bridgehead atoms. The fourth-order valence-electron chi connectivity index (χ4n) is 1.30. The molecular weight excluding hydrogens is 330 g/mol. The lowest BCUT2D eigenvalue weighted by Crippen LogP contribution is -1.98. The lowest BCUT2D eigenvalue weighted by atomic mass is 10.1. The molecule has 1 aromatic carbocycles. The number of benzene rings is 1. The standard InChI is InChI=1S/C11H6BrCl2FN2/c12-9-10(13)16-8(17-11(9)14)5-6-1-3-7(15)4-2-6/h1-4H,5H2. The highest BCUT2D eigenvalue weighted by Crippen LogP contribution is 2.27. The van der Waals surface area contributed by atoms with Crippen LogP contribution < -0.4 is 0 Å². The molecule has 1 heterocycles. The molecule has 0 amide bonds. The van der Waals surface area contributed by atoms with E-state index >= 15 is 0 Å². The van der Waals surface area contributed by atoms with Crippen LogP contribution >= 0.6 is 39.1 Å². The normalized spacial score (nSPS) is 10.6. The maximum Gasteiger partial charge on any atom is 0.148 e. The molecule has 0 spiro atoms. The zero-order valence-corrected chi connectivity index (χ0v) is 11.5. The number of nitrogens with zero attached hydrogens (tertiary/aromatic N) is 2. The van der Waals surface area contributed by atoms with Crippen molar-refractivity contribution in [2.75, 3.05) is 0 Å². The smallest absolute Gasteiger partial charge is 0.148 e. The first-order chi connectivity index (χ1) is 8.06. The van der Waals surface area contributed by atoms with E-state index in [0.717, 1.165) is 5.56 Å². The molecule has 1 aromatic heterocycles. The minimum atomic E-state index is -0.276. The van der Waals surface area contributed by atoms with E-state index in [9.17, 15) is 4.39 Å². The Hall–Kier alpha value is -0.710. The molecule has 0 atom stereocenters. The van der Waals surface area contributed by atoms with Crippen molar-refractivity contribution in [1.29, 1.82) is 0 Å². The van der Waals surface area contributed by atoms with E-state index in [0.29, 0.717) is 16.7 Å². The third kappa shape index (κ3) is 3.15. The van der Waals surface area contributed by atoms with E-state index in [4.69, 9.17) is 23.2 Å². The van der Waals surface area contributed by atoms with Gasteiger partial charge in [0.1, 0.15) is 21.9 Å². The van der Waals surface area contributed by atoms with Gasteiger partial charge in [0.15, 0.2) is 0 Å². The average Bonchev–Trinajstić information content (AvgIpc) is 2.29. The summed E-state index contributed by atoms with van der Waals surface area (Å²) < 4.78 is 13.2. The molecule has 0 unspecified atom stereocenters. The Labute approximate surface area is 116 Å². The molecule has 2 nitrogen and oxygen atoms in total. The van der Waals surface area contributed by atoms with Gasteiger partial charge in [-0.1, -0.05) is 35.3 Å². The van der Waals surface area contributed by atoms with Crippen LogP contribution in [0.3, 0.4) is 0 Å². The average molecular weight is 336 g/mol. The second kappa shape index (κ2) is 5.29. The van der Waals surface area contributed by atoms with Crippen LogP contribution in [-0.2, 0) is 6.42 Å². The summed E-state index contributed by atoms with van der Waals surface area (Å²) >= 11 is 14.9. The molecule has 0 saturated heterocycles. The molecule has 88 valence electrons. The Bertz CT molecular complexity index is 523. The molecule has 0 fully saturated rings. The van der Waals surface area contributed by atoms with Gasteiger partial charge in [-0.05, 0) is 33.6 Å². The van der Waals surface area contributed by atoms with E-state index in [1.54, 1.807) is 12.1 Å². The van der Waals surface area contributed by atoms with Crippen molar-refractivity contribution in [2.45, 2.75) is 6.42 Å². The topological polar surface area (TPSA) is 25.8 Å². The third-order valence-corrected chi connectivity index (χ3v) is 3.85. The van der Waals surface area contributed by atoms with Gasteiger partial charge in [-0.3, -0.25) is 0 Å². The monoisotopic (exact) mass is 334 g/mol. The summed E-state index contributed by atoms with van der Waals surface area (Å²) in [5, 5.41) is 0.532. The molecule has 2 rings (SSSR count). The van der Waals surface area contributed by atoms with Crippen molar-refractivity contribution in [3.8, 4) is 0 Å². The Morgan fingerprint density at radius 2 is 1.59 bits per heavy atom. The first-order valence-electron chi connectivity index (χ1n) is 4.68. The fourth-order valence-corrected chi connectivity index (χ4v) is 1.90. The molecule has 0 aliphatic carbocycles. The van der Waals surface area contributed by atoms with Crippen LogP contribution in [0.15, 0.2) is 28.7 Å². The first-order valence-corrected chi connectivity index (χ1v) is 6.23. The van der Waals surface area contributed by atoms with Gasteiger partial charge in [0, 0.05) is 6.42 Å². The van der Waals surface area contributed by atoms with Crippen LogP contribution in [0, 0.1) is 5.82 Å². The Kier molecular flexibility index (Phi) is 3.97. The largest absolute Gasteiger partial charge is 0.220 e. The van der Waals surface area contributed by atoms with Gasteiger partial charge in [-0.2, -0.15) is 0 Å². The van der Waals surface area contributed by atoms with Gasteiger partial charge >= 0.3 is 0 Å². The molecule has 2 aromatic rings. The van der Waals surface area contributed by atoms with Crippen molar-refractivity contribution in [3.05, 3.63) is 56.2 Å². The van der Waals surface area contributed by atoms with Gasteiger partial charge in [-0.15, -0.1) is 0 Å². The molecule has 0 N–H and O–H groups in total. The van der Waals surface area contributed by atoms with Crippen molar-refractivity contribution < 1.29 is 4.39 Å². The highest BCUT2D eigenvalue weighted by atomic mass is 79.9. The van der Waals surface area contributed by atoms with Crippen molar-refractivity contribution in [2.24, 2.45) is 0 Å². The fraction of sp³-hybridized carbons (Fsp3) is 0.0909. The summed E-state index contributed by atoms with van der Waals surface area (Å²) in [7, 11) is 0. The predicted octanol–water partition coefficient (Wildman–Crippen LogP) is 4.28. The summed E-state index contributed by atoms with van der Waals surface area (Å²) in [6, 6.07) is 6.11. The molecule has 0 aliphatic rings. The Morgan fingerprint density at radius 1 is 1.06 bits per heavy atom. The van der Waals surface area contributed by atoms with Crippen LogP contribution in [0.25, 0.3) is 0 Å². The van der Waals surface area contributed by atoms with E-state index in [1.807, 2.05) is 0 Å². The Morgan fingerprint density at radius 3 is 2.12 bits per heavy atom. The van der Waals surface area contributed by atoms with E-state index in [-0.39, 0.29) is 16.1 Å². The highest BCUT2D eigenvalue weighted by molar-refractivity contribution is 9.10. The number of hydrogen-bond donors (Lipinski definition) is 0. The van der Waals surface area contributed by atoms with Crippen LogP contribution in [-0.4, -0.2) is 9.97 Å². The lowest BCUT2D eigenvalue weighted by molar-refractivity contribution is 0.627. The summed E-state index contributed by atoms with van der Waals surface area (Å²) in [5.74, 6) is 0.219. The molecule has 0 aliphatic heterocycles. The van der Waals surface area contributed by atoms with Crippen LogP contribution in [0.5, 0.6) is 0 Å². The molecule has 17 heavy (non-hydrogen) atoms. The van der Waals surface area contributed by atoms with Gasteiger partial charge in [0.05, 0.1) is 4.47 Å². The van der Waals surface area contributed by atoms with Gasteiger partial charge < -0.3 is 0 Å². The first kappa shape index (κ1) is 12.7. The second-order valence-electron chi connectivity index (χ2n) is 3.34.